The lowest BCUT2D eigenvalue weighted by atomic mass is 10.2. The molecule has 11 heavy (non-hydrogen) atoms. The van der Waals surface area contributed by atoms with Crippen molar-refractivity contribution in [1.29, 1.82) is 0 Å². The van der Waals surface area contributed by atoms with Gasteiger partial charge >= 0.3 is 0 Å². The smallest absolute Gasteiger partial charge is 0.264 e. The van der Waals surface area contributed by atoms with Crippen LogP contribution in [0.2, 0.25) is 0 Å². The summed E-state index contributed by atoms with van der Waals surface area (Å²) in [6, 6.07) is 0. The molecule has 5 heteroatoms. The molecule has 0 atom stereocenters. The van der Waals surface area contributed by atoms with Crippen LogP contribution < -0.4 is 0 Å². The summed E-state index contributed by atoms with van der Waals surface area (Å²) >= 11 is 0. The monoisotopic (exact) mass is 181 g/mol. The second kappa shape index (κ2) is 5.51. The van der Waals surface area contributed by atoms with Crippen molar-refractivity contribution in [3.63, 3.8) is 0 Å². The second-order valence-electron chi connectivity index (χ2n) is 2.23. The van der Waals surface area contributed by atoms with Crippen molar-refractivity contribution < 1.29 is 18.1 Å². The molecule has 0 unspecified atom stereocenters. The highest BCUT2D eigenvalue weighted by atomic mass is 32.2. The number of unbranched alkanes of at least 4 members (excludes halogenated alkanes) is 3. The van der Waals surface area contributed by atoms with Gasteiger partial charge in [-0.1, -0.05) is 0 Å². The quantitative estimate of drug-likeness (QED) is 0.454. The molecular formula is C6H13O4S. The van der Waals surface area contributed by atoms with E-state index in [0.29, 0.717) is 19.3 Å². The topological polar surface area (TPSA) is 74.6 Å². The predicted octanol–water partition coefficient (Wildman–Crippen LogP) is 0.241. The van der Waals surface area contributed by atoms with Crippen molar-refractivity contribution in [3.05, 3.63) is 6.42 Å². The molecule has 0 amide bonds. The number of rotatable bonds is 6. The SMILES string of the molecule is O=S(=O)(O)CC[CH]CCCO. The Morgan fingerprint density at radius 2 is 1.91 bits per heavy atom. The van der Waals surface area contributed by atoms with Gasteiger partial charge in [0.2, 0.25) is 0 Å². The Labute approximate surface area is 67.0 Å². The molecule has 0 bridgehead atoms. The van der Waals surface area contributed by atoms with Crippen LogP contribution in [0.25, 0.3) is 0 Å². The van der Waals surface area contributed by atoms with Gasteiger partial charge in [0.15, 0.2) is 0 Å². The summed E-state index contributed by atoms with van der Waals surface area (Å²) in [5, 5.41) is 8.34. The standard InChI is InChI=1S/C6H13O4S/c7-5-3-1-2-4-6-11(8,9)10/h2,7H,1,3-6H2,(H,8,9,10). The van der Waals surface area contributed by atoms with Crippen LogP contribution in [0.1, 0.15) is 19.3 Å². The summed E-state index contributed by atoms with van der Waals surface area (Å²) in [6.07, 6.45) is 3.42. The molecule has 0 aliphatic carbocycles. The van der Waals surface area contributed by atoms with E-state index in [4.69, 9.17) is 9.66 Å². The Morgan fingerprint density at radius 1 is 1.27 bits per heavy atom. The van der Waals surface area contributed by atoms with Crippen LogP contribution in [0.3, 0.4) is 0 Å². The van der Waals surface area contributed by atoms with Gasteiger partial charge in [0, 0.05) is 6.61 Å². The molecule has 0 spiro atoms. The molecule has 0 rings (SSSR count). The minimum absolute atomic E-state index is 0.113. The fourth-order valence-electron chi connectivity index (χ4n) is 0.612. The van der Waals surface area contributed by atoms with E-state index in [1.165, 1.54) is 0 Å². The van der Waals surface area contributed by atoms with E-state index in [1.807, 2.05) is 0 Å². The zero-order valence-electron chi connectivity index (χ0n) is 6.23. The second-order valence-corrected chi connectivity index (χ2v) is 3.80. The summed E-state index contributed by atoms with van der Waals surface area (Å²) in [6.45, 7) is 0.113. The van der Waals surface area contributed by atoms with Gasteiger partial charge in [-0.25, -0.2) is 0 Å². The highest BCUT2D eigenvalue weighted by molar-refractivity contribution is 7.85. The molecule has 4 nitrogen and oxygen atoms in total. The van der Waals surface area contributed by atoms with Crippen LogP contribution in [-0.4, -0.2) is 30.4 Å². The fraction of sp³-hybridized carbons (Fsp3) is 0.833. The molecule has 0 aromatic heterocycles. The van der Waals surface area contributed by atoms with Gasteiger partial charge in [0.25, 0.3) is 10.1 Å². The van der Waals surface area contributed by atoms with Crippen LogP contribution in [0.15, 0.2) is 0 Å². The number of hydrogen-bond donors (Lipinski definition) is 2. The van der Waals surface area contributed by atoms with Gasteiger partial charge in [0.05, 0.1) is 5.75 Å². The van der Waals surface area contributed by atoms with E-state index in [2.05, 4.69) is 0 Å². The summed E-state index contributed by atoms with van der Waals surface area (Å²) < 4.78 is 28.6. The Bertz CT molecular complexity index is 173. The van der Waals surface area contributed by atoms with Gasteiger partial charge in [0.1, 0.15) is 0 Å². The third-order valence-corrected chi connectivity index (χ3v) is 1.90. The molecule has 0 aromatic carbocycles. The molecule has 0 aliphatic rings. The van der Waals surface area contributed by atoms with Crippen molar-refractivity contribution in [2.75, 3.05) is 12.4 Å². The van der Waals surface area contributed by atoms with Crippen LogP contribution in [0.4, 0.5) is 0 Å². The van der Waals surface area contributed by atoms with Crippen molar-refractivity contribution in [3.8, 4) is 0 Å². The minimum atomic E-state index is -3.81. The van der Waals surface area contributed by atoms with E-state index < -0.39 is 10.1 Å². The van der Waals surface area contributed by atoms with Crippen LogP contribution >= 0.6 is 0 Å². The summed E-state index contributed by atoms with van der Waals surface area (Å²) in [7, 11) is -3.81. The van der Waals surface area contributed by atoms with Crippen LogP contribution in [-0.2, 0) is 10.1 Å². The van der Waals surface area contributed by atoms with Gasteiger partial charge in [-0.05, 0) is 25.7 Å². The molecule has 0 saturated carbocycles. The first kappa shape index (κ1) is 10.9. The largest absolute Gasteiger partial charge is 0.396 e. The van der Waals surface area contributed by atoms with Crippen molar-refractivity contribution in [2.24, 2.45) is 0 Å². The Morgan fingerprint density at radius 3 is 2.36 bits per heavy atom. The predicted molar refractivity (Wildman–Crippen MR) is 41.7 cm³/mol. The van der Waals surface area contributed by atoms with E-state index in [-0.39, 0.29) is 12.4 Å². The van der Waals surface area contributed by atoms with E-state index in [0.717, 1.165) is 0 Å². The average Bonchev–Trinajstić information content (AvgIpc) is 1.85. The minimum Gasteiger partial charge on any atom is -0.396 e. The molecule has 0 saturated heterocycles. The zero-order chi connectivity index (χ0) is 8.74. The molecule has 0 aliphatic heterocycles. The Balaban J connectivity index is 3.16. The third kappa shape index (κ3) is 9.87. The highest BCUT2D eigenvalue weighted by Crippen LogP contribution is 1.99. The normalized spacial score (nSPS) is 11.8. The lowest BCUT2D eigenvalue weighted by molar-refractivity contribution is 0.288. The molecule has 0 heterocycles. The van der Waals surface area contributed by atoms with Crippen molar-refractivity contribution in [1.82, 2.24) is 0 Å². The van der Waals surface area contributed by atoms with Crippen LogP contribution in [0, 0.1) is 6.42 Å². The summed E-state index contributed by atoms with van der Waals surface area (Å²) in [5.74, 6) is -0.224. The molecule has 0 aromatic rings. The maximum absolute atomic E-state index is 10.2. The summed E-state index contributed by atoms with van der Waals surface area (Å²) in [4.78, 5) is 0. The van der Waals surface area contributed by atoms with Gasteiger partial charge in [-0.2, -0.15) is 8.42 Å². The Hall–Kier alpha value is -0.130. The summed E-state index contributed by atoms with van der Waals surface area (Å²) in [5.41, 5.74) is 0. The Kier molecular flexibility index (Phi) is 5.45. The van der Waals surface area contributed by atoms with Crippen molar-refractivity contribution >= 4 is 10.1 Å². The first-order valence-corrected chi connectivity index (χ1v) is 5.05. The van der Waals surface area contributed by atoms with Gasteiger partial charge in [-0.3, -0.25) is 4.55 Å². The van der Waals surface area contributed by atoms with E-state index >= 15 is 0 Å². The first-order chi connectivity index (χ1) is 5.06. The number of aliphatic hydroxyl groups is 1. The molecule has 0 fully saturated rings. The molecule has 67 valence electrons. The van der Waals surface area contributed by atoms with E-state index in [1.54, 1.807) is 6.42 Å². The molecule has 1 radical (unpaired) electrons. The maximum Gasteiger partial charge on any atom is 0.264 e. The average molecular weight is 181 g/mol. The van der Waals surface area contributed by atoms with Gasteiger partial charge in [-0.15, -0.1) is 0 Å². The number of hydrogen-bond acceptors (Lipinski definition) is 3. The van der Waals surface area contributed by atoms with Crippen molar-refractivity contribution in [2.45, 2.75) is 19.3 Å². The lowest BCUT2D eigenvalue weighted by Crippen LogP contribution is -2.03. The highest BCUT2D eigenvalue weighted by Gasteiger charge is 2.02. The zero-order valence-corrected chi connectivity index (χ0v) is 7.05. The van der Waals surface area contributed by atoms with Gasteiger partial charge < -0.3 is 5.11 Å². The maximum atomic E-state index is 10.2. The molecule has 2 N–H and O–H groups in total. The molecular weight excluding hydrogens is 168 g/mol. The lowest BCUT2D eigenvalue weighted by Gasteiger charge is -1.96. The van der Waals surface area contributed by atoms with E-state index in [9.17, 15) is 8.42 Å². The first-order valence-electron chi connectivity index (χ1n) is 3.44. The van der Waals surface area contributed by atoms with Crippen LogP contribution in [0.5, 0.6) is 0 Å². The third-order valence-electron chi connectivity index (χ3n) is 1.15. The number of aliphatic hydroxyl groups excluding tert-OH is 1. The fourth-order valence-corrected chi connectivity index (χ4v) is 1.08.